The second-order valence-corrected chi connectivity index (χ2v) is 9.11. The number of hydrogen-bond acceptors (Lipinski definition) is 5. The van der Waals surface area contributed by atoms with Crippen LogP contribution in [-0.4, -0.2) is 28.5 Å². The zero-order chi connectivity index (χ0) is 26.5. The number of benzene rings is 3. The van der Waals surface area contributed by atoms with Crippen molar-refractivity contribution in [3.8, 4) is 22.8 Å². The number of nitrogens with one attached hydrogen (secondary N) is 2. The Hall–Kier alpha value is -4.04. The van der Waals surface area contributed by atoms with Crippen LogP contribution in [0.25, 0.3) is 11.3 Å². The van der Waals surface area contributed by atoms with Crippen molar-refractivity contribution in [1.82, 2.24) is 9.97 Å². The Balaban J connectivity index is 1.78. The van der Waals surface area contributed by atoms with E-state index in [1.807, 2.05) is 56.0 Å². The third kappa shape index (κ3) is 6.21. The second kappa shape index (κ2) is 11.3. The maximum Gasteiger partial charge on any atom is 0.208 e. The number of nitrogens with zero attached hydrogens (tertiary/aromatic N) is 2. The molecule has 0 amide bonds. The molecule has 37 heavy (non-hydrogen) atoms. The molecule has 0 saturated carbocycles. The molecule has 0 aliphatic carbocycles. The molecular weight excluding hydrogens is 493 g/mol. The number of amidine groups is 1. The van der Waals surface area contributed by atoms with Gasteiger partial charge in [-0.2, -0.15) is 0 Å². The average molecular weight is 522 g/mol. The van der Waals surface area contributed by atoms with Gasteiger partial charge in [-0.3, -0.25) is 5.41 Å². The fourth-order valence-corrected chi connectivity index (χ4v) is 4.05. The summed E-state index contributed by atoms with van der Waals surface area (Å²) in [5.41, 5.74) is 8.95. The first-order chi connectivity index (χ1) is 17.7. The summed E-state index contributed by atoms with van der Waals surface area (Å²) in [4.78, 5) is 9.75. The zero-order valence-electron chi connectivity index (χ0n) is 20.9. The van der Waals surface area contributed by atoms with Gasteiger partial charge in [0, 0.05) is 33.5 Å². The molecule has 192 valence electrons. The van der Waals surface area contributed by atoms with Crippen LogP contribution in [0.2, 0.25) is 5.02 Å². The minimum atomic E-state index is -0.468. The number of nitrogens with two attached hydrogens (primary N) is 1. The minimum Gasteiger partial charge on any atom is -0.494 e. The van der Waals surface area contributed by atoms with Gasteiger partial charge in [-0.05, 0) is 63.2 Å². The lowest BCUT2D eigenvalue weighted by Crippen LogP contribution is -2.20. The number of rotatable bonds is 10. The normalized spacial score (nSPS) is 11.0. The molecule has 9 heteroatoms. The minimum absolute atomic E-state index is 0.0368. The molecule has 0 spiro atoms. The first-order valence-electron chi connectivity index (χ1n) is 11.9. The highest BCUT2D eigenvalue weighted by Crippen LogP contribution is 2.33. The van der Waals surface area contributed by atoms with Crippen LogP contribution in [-0.2, 0) is 6.54 Å². The lowest BCUT2D eigenvalue weighted by molar-refractivity contribution is 0.228. The van der Waals surface area contributed by atoms with Crippen molar-refractivity contribution in [2.75, 3.05) is 11.5 Å². The number of H-pyrrole nitrogens is 1. The Morgan fingerprint density at radius 1 is 1.16 bits per heavy atom. The Morgan fingerprint density at radius 3 is 2.57 bits per heavy atom. The van der Waals surface area contributed by atoms with Crippen LogP contribution in [0.5, 0.6) is 11.5 Å². The summed E-state index contributed by atoms with van der Waals surface area (Å²) in [6.07, 6.45) is 1.50. The highest BCUT2D eigenvalue weighted by Gasteiger charge is 2.21. The summed E-state index contributed by atoms with van der Waals surface area (Å²) in [5, 5.41) is 8.31. The van der Waals surface area contributed by atoms with E-state index in [4.69, 9.17) is 32.2 Å². The van der Waals surface area contributed by atoms with Gasteiger partial charge in [0.15, 0.2) is 11.6 Å². The van der Waals surface area contributed by atoms with E-state index in [1.165, 1.54) is 0 Å². The fourth-order valence-electron chi connectivity index (χ4n) is 3.86. The summed E-state index contributed by atoms with van der Waals surface area (Å²) < 4.78 is 27.1. The standard InChI is InChI=1S/C28H29ClFN5O2/c1-4-36-23-13-20(26(30)25(14-23)37-17(2)3)16-35(22-10-8-18(9-11-22)27(31)32)28-33-15-24(34-28)19-6-5-7-21(29)12-19/h5-15,17H,4,16H2,1-3H3,(H3,31,32)(H,33,34). The largest absolute Gasteiger partial charge is 0.494 e. The monoisotopic (exact) mass is 521 g/mol. The van der Waals surface area contributed by atoms with Crippen LogP contribution in [0.15, 0.2) is 66.9 Å². The molecule has 1 aromatic heterocycles. The maximum absolute atomic E-state index is 15.6. The molecule has 0 unspecified atom stereocenters. The quantitative estimate of drug-likeness (QED) is 0.160. The van der Waals surface area contributed by atoms with Crippen LogP contribution in [0.1, 0.15) is 31.9 Å². The van der Waals surface area contributed by atoms with Crippen molar-refractivity contribution in [3.05, 3.63) is 88.8 Å². The van der Waals surface area contributed by atoms with E-state index in [0.717, 1.165) is 16.9 Å². The van der Waals surface area contributed by atoms with Crippen LogP contribution in [0, 0.1) is 11.2 Å². The Morgan fingerprint density at radius 2 is 1.92 bits per heavy atom. The fraction of sp³-hybridized carbons (Fsp3) is 0.214. The molecule has 4 aromatic rings. The van der Waals surface area contributed by atoms with E-state index in [-0.39, 0.29) is 24.2 Å². The molecule has 4 rings (SSSR count). The van der Waals surface area contributed by atoms with Crippen molar-refractivity contribution in [2.24, 2.45) is 5.73 Å². The summed E-state index contributed by atoms with van der Waals surface area (Å²) in [6.45, 7) is 6.12. The number of halogens is 2. The van der Waals surface area contributed by atoms with Crippen molar-refractivity contribution in [3.63, 3.8) is 0 Å². The molecule has 0 radical (unpaired) electrons. The van der Waals surface area contributed by atoms with Gasteiger partial charge in [0.25, 0.3) is 0 Å². The van der Waals surface area contributed by atoms with Gasteiger partial charge in [0.05, 0.1) is 31.1 Å². The van der Waals surface area contributed by atoms with Crippen LogP contribution < -0.4 is 20.1 Å². The summed E-state index contributed by atoms with van der Waals surface area (Å²) in [6, 6.07) is 17.8. The predicted molar refractivity (Wildman–Crippen MR) is 146 cm³/mol. The molecule has 3 aromatic carbocycles. The number of aromatic nitrogens is 2. The smallest absolute Gasteiger partial charge is 0.208 e. The Labute approximate surface area is 220 Å². The number of anilines is 2. The highest BCUT2D eigenvalue weighted by molar-refractivity contribution is 6.30. The Bertz CT molecular complexity index is 1390. The molecule has 4 N–H and O–H groups in total. The first-order valence-corrected chi connectivity index (χ1v) is 12.3. The maximum atomic E-state index is 15.6. The molecule has 0 saturated heterocycles. The molecule has 0 bridgehead atoms. The van der Waals surface area contributed by atoms with Gasteiger partial charge in [-0.15, -0.1) is 0 Å². The highest BCUT2D eigenvalue weighted by atomic mass is 35.5. The molecule has 0 atom stereocenters. The number of aromatic amines is 1. The number of nitrogen functional groups attached to an aromatic ring is 1. The Kier molecular flexibility index (Phi) is 7.98. The van der Waals surface area contributed by atoms with Gasteiger partial charge >= 0.3 is 0 Å². The van der Waals surface area contributed by atoms with E-state index in [2.05, 4.69) is 9.97 Å². The predicted octanol–water partition coefficient (Wildman–Crippen LogP) is 6.68. The van der Waals surface area contributed by atoms with Gasteiger partial charge < -0.3 is 25.1 Å². The third-order valence-corrected chi connectivity index (χ3v) is 5.77. The van der Waals surface area contributed by atoms with E-state index >= 15 is 4.39 Å². The summed E-state index contributed by atoms with van der Waals surface area (Å²) in [7, 11) is 0. The van der Waals surface area contributed by atoms with Gasteiger partial charge in [-0.1, -0.05) is 23.7 Å². The van der Waals surface area contributed by atoms with Gasteiger partial charge in [0.2, 0.25) is 5.95 Å². The molecule has 1 heterocycles. The lowest BCUT2D eigenvalue weighted by Gasteiger charge is -2.24. The van der Waals surface area contributed by atoms with Crippen LogP contribution >= 0.6 is 11.6 Å². The van der Waals surface area contributed by atoms with E-state index in [1.54, 1.807) is 36.5 Å². The van der Waals surface area contributed by atoms with Crippen molar-refractivity contribution in [2.45, 2.75) is 33.4 Å². The molecule has 0 aliphatic rings. The van der Waals surface area contributed by atoms with E-state index in [0.29, 0.717) is 34.5 Å². The molecule has 7 nitrogen and oxygen atoms in total. The van der Waals surface area contributed by atoms with Crippen LogP contribution in [0.3, 0.4) is 0 Å². The number of hydrogen-bond donors (Lipinski definition) is 3. The number of ether oxygens (including phenoxy) is 2. The molecular formula is C28H29ClFN5O2. The number of imidazole rings is 1. The topological polar surface area (TPSA) is 100 Å². The molecule has 0 aliphatic heterocycles. The average Bonchev–Trinajstić information content (AvgIpc) is 3.35. The molecule has 0 fully saturated rings. The van der Waals surface area contributed by atoms with Crippen LogP contribution in [0.4, 0.5) is 16.0 Å². The SMILES string of the molecule is CCOc1cc(CN(c2ccc(C(=N)N)cc2)c2ncc(-c3cccc(Cl)c3)[nH]2)c(F)c(OC(C)C)c1. The van der Waals surface area contributed by atoms with Gasteiger partial charge in [0.1, 0.15) is 11.6 Å². The first kappa shape index (κ1) is 26.0. The third-order valence-electron chi connectivity index (χ3n) is 5.53. The zero-order valence-corrected chi connectivity index (χ0v) is 21.6. The van der Waals surface area contributed by atoms with Crippen molar-refractivity contribution in [1.29, 1.82) is 5.41 Å². The van der Waals surface area contributed by atoms with Crippen molar-refractivity contribution < 1.29 is 13.9 Å². The van der Waals surface area contributed by atoms with Gasteiger partial charge in [-0.25, -0.2) is 9.37 Å². The van der Waals surface area contributed by atoms with E-state index in [9.17, 15) is 0 Å². The second-order valence-electron chi connectivity index (χ2n) is 8.67. The van der Waals surface area contributed by atoms with Crippen molar-refractivity contribution >= 4 is 29.1 Å². The lowest BCUT2D eigenvalue weighted by atomic mass is 10.1. The summed E-state index contributed by atoms with van der Waals surface area (Å²) >= 11 is 6.18. The summed E-state index contributed by atoms with van der Waals surface area (Å²) in [5.74, 6) is 0.634. The van der Waals surface area contributed by atoms with E-state index < -0.39 is 5.82 Å².